The van der Waals surface area contributed by atoms with Crippen molar-refractivity contribution in [3.8, 4) is 5.75 Å². The molecule has 0 saturated heterocycles. The van der Waals surface area contributed by atoms with Gasteiger partial charge in [-0.3, -0.25) is 0 Å². The minimum atomic E-state index is -0.157. The summed E-state index contributed by atoms with van der Waals surface area (Å²) < 4.78 is 0.778. The van der Waals surface area contributed by atoms with Crippen molar-refractivity contribution in [3.63, 3.8) is 0 Å². The van der Waals surface area contributed by atoms with Crippen LogP contribution in [-0.4, -0.2) is 9.73 Å². The molecule has 1 unspecified atom stereocenters. The first-order valence-electron chi connectivity index (χ1n) is 3.93. The highest BCUT2D eigenvalue weighted by Crippen LogP contribution is 2.33. The van der Waals surface area contributed by atoms with E-state index in [9.17, 15) is 5.11 Å². The van der Waals surface area contributed by atoms with Gasteiger partial charge in [0.05, 0.1) is 0 Å². The van der Waals surface area contributed by atoms with Crippen LogP contribution < -0.4 is 0 Å². The van der Waals surface area contributed by atoms with Crippen molar-refractivity contribution in [2.75, 3.05) is 0 Å². The number of hydrogen-bond acceptors (Lipinski definition) is 3. The maximum Gasteiger partial charge on any atom is 0.162 e. The molecule has 0 saturated carbocycles. The van der Waals surface area contributed by atoms with Crippen LogP contribution >= 0.6 is 15.9 Å². The van der Waals surface area contributed by atoms with Crippen molar-refractivity contribution in [2.45, 2.75) is 12.5 Å². The molecule has 1 N–H and O–H groups in total. The van der Waals surface area contributed by atoms with Gasteiger partial charge in [-0.1, -0.05) is 23.4 Å². The van der Waals surface area contributed by atoms with E-state index in [1.54, 1.807) is 12.1 Å². The van der Waals surface area contributed by atoms with E-state index in [0.29, 0.717) is 6.42 Å². The van der Waals surface area contributed by atoms with Gasteiger partial charge in [0.2, 0.25) is 0 Å². The standard InChI is InChI=1S/C9H8BrNO2/c10-9-5-8(13-11-9)6-3-1-2-4-7(6)12/h1-4,8,12H,5H2. The predicted octanol–water partition coefficient (Wildman–Crippen LogP) is 2.56. The van der Waals surface area contributed by atoms with Gasteiger partial charge in [0.15, 0.2) is 6.10 Å². The summed E-state index contributed by atoms with van der Waals surface area (Å²) in [6, 6.07) is 7.13. The van der Waals surface area contributed by atoms with Gasteiger partial charge in [0.25, 0.3) is 0 Å². The van der Waals surface area contributed by atoms with Gasteiger partial charge in [-0.05, 0) is 22.0 Å². The summed E-state index contributed by atoms with van der Waals surface area (Å²) in [4.78, 5) is 5.11. The highest BCUT2D eigenvalue weighted by Gasteiger charge is 2.23. The first-order valence-corrected chi connectivity index (χ1v) is 4.73. The smallest absolute Gasteiger partial charge is 0.162 e. The van der Waals surface area contributed by atoms with Gasteiger partial charge in [-0.25, -0.2) is 0 Å². The highest BCUT2D eigenvalue weighted by atomic mass is 79.9. The lowest BCUT2D eigenvalue weighted by Gasteiger charge is -2.09. The van der Waals surface area contributed by atoms with Gasteiger partial charge in [-0.15, -0.1) is 0 Å². The third-order valence-corrected chi connectivity index (χ3v) is 2.38. The molecule has 0 aliphatic carbocycles. The van der Waals surface area contributed by atoms with Crippen molar-refractivity contribution in [3.05, 3.63) is 29.8 Å². The summed E-state index contributed by atoms with van der Waals surface area (Å²) >= 11 is 3.24. The molecule has 13 heavy (non-hydrogen) atoms. The zero-order valence-electron chi connectivity index (χ0n) is 6.77. The van der Waals surface area contributed by atoms with Crippen LogP contribution in [0.2, 0.25) is 0 Å². The lowest BCUT2D eigenvalue weighted by molar-refractivity contribution is 0.0838. The maximum atomic E-state index is 9.51. The summed E-state index contributed by atoms with van der Waals surface area (Å²) in [5.74, 6) is 0.255. The number of rotatable bonds is 1. The summed E-state index contributed by atoms with van der Waals surface area (Å²) in [5.41, 5.74) is 0.778. The highest BCUT2D eigenvalue weighted by molar-refractivity contribution is 9.18. The summed E-state index contributed by atoms with van der Waals surface area (Å²) in [6.07, 6.45) is 0.521. The summed E-state index contributed by atoms with van der Waals surface area (Å²) in [6.45, 7) is 0. The average molecular weight is 242 g/mol. The van der Waals surface area contributed by atoms with Crippen LogP contribution in [0.4, 0.5) is 0 Å². The Morgan fingerprint density at radius 1 is 1.46 bits per heavy atom. The fourth-order valence-corrected chi connectivity index (χ4v) is 1.65. The Labute approximate surface area is 84.1 Å². The maximum absolute atomic E-state index is 9.51. The normalized spacial score (nSPS) is 21.0. The predicted molar refractivity (Wildman–Crippen MR) is 52.9 cm³/mol. The van der Waals surface area contributed by atoms with Crippen LogP contribution in [0.3, 0.4) is 0 Å². The Kier molecular flexibility index (Phi) is 2.22. The van der Waals surface area contributed by atoms with Crippen molar-refractivity contribution >= 4 is 20.6 Å². The number of halogens is 1. The number of aromatic hydroxyl groups is 1. The average Bonchev–Trinajstić information content (AvgIpc) is 2.53. The molecule has 4 heteroatoms. The minimum absolute atomic E-state index is 0.157. The van der Waals surface area contributed by atoms with E-state index in [-0.39, 0.29) is 11.9 Å². The molecule has 68 valence electrons. The van der Waals surface area contributed by atoms with E-state index in [1.165, 1.54) is 0 Å². The number of oxime groups is 1. The third kappa shape index (κ3) is 1.67. The van der Waals surface area contributed by atoms with E-state index < -0.39 is 0 Å². The minimum Gasteiger partial charge on any atom is -0.508 e. The van der Waals surface area contributed by atoms with Crippen LogP contribution in [0.25, 0.3) is 0 Å². The van der Waals surface area contributed by atoms with Gasteiger partial charge in [-0.2, -0.15) is 0 Å². The van der Waals surface area contributed by atoms with E-state index in [4.69, 9.17) is 4.84 Å². The molecule has 1 heterocycles. The van der Waals surface area contributed by atoms with Gasteiger partial charge in [0, 0.05) is 12.0 Å². The second-order valence-electron chi connectivity index (χ2n) is 2.82. The number of hydrogen-bond donors (Lipinski definition) is 1. The topological polar surface area (TPSA) is 41.8 Å². The molecular formula is C9H8BrNO2. The first kappa shape index (κ1) is 8.56. The summed E-state index contributed by atoms with van der Waals surface area (Å²) in [5, 5.41) is 13.3. The zero-order chi connectivity index (χ0) is 9.26. The Morgan fingerprint density at radius 3 is 2.85 bits per heavy atom. The van der Waals surface area contributed by atoms with Gasteiger partial charge >= 0.3 is 0 Å². The van der Waals surface area contributed by atoms with E-state index in [2.05, 4.69) is 21.1 Å². The van der Waals surface area contributed by atoms with Gasteiger partial charge < -0.3 is 9.94 Å². The van der Waals surface area contributed by atoms with Crippen LogP contribution in [0, 0.1) is 0 Å². The molecule has 2 rings (SSSR count). The molecule has 1 aromatic carbocycles. The SMILES string of the molecule is Oc1ccccc1C1CC(Br)=NO1. The zero-order valence-corrected chi connectivity index (χ0v) is 8.36. The molecular weight excluding hydrogens is 234 g/mol. The van der Waals surface area contributed by atoms with E-state index >= 15 is 0 Å². The van der Waals surface area contributed by atoms with Crippen molar-refractivity contribution in [2.24, 2.45) is 5.16 Å². The van der Waals surface area contributed by atoms with Crippen LogP contribution in [0.5, 0.6) is 5.75 Å². The van der Waals surface area contributed by atoms with E-state index in [1.807, 2.05) is 12.1 Å². The summed E-state index contributed by atoms with van der Waals surface area (Å²) in [7, 11) is 0. The molecule has 0 spiro atoms. The molecule has 1 aliphatic rings. The largest absolute Gasteiger partial charge is 0.508 e. The third-order valence-electron chi connectivity index (χ3n) is 1.92. The van der Waals surface area contributed by atoms with Crippen molar-refractivity contribution < 1.29 is 9.94 Å². The Morgan fingerprint density at radius 2 is 2.23 bits per heavy atom. The van der Waals surface area contributed by atoms with Crippen LogP contribution in [0.15, 0.2) is 29.4 Å². The molecule has 3 nitrogen and oxygen atoms in total. The van der Waals surface area contributed by atoms with Crippen molar-refractivity contribution in [1.29, 1.82) is 0 Å². The lowest BCUT2D eigenvalue weighted by Crippen LogP contribution is -1.96. The van der Waals surface area contributed by atoms with Crippen LogP contribution in [0.1, 0.15) is 18.1 Å². The Hall–Kier alpha value is -1.03. The number of phenolic OH excluding ortho intramolecular Hbond substituents is 1. The lowest BCUT2D eigenvalue weighted by atomic mass is 10.1. The fraction of sp³-hybridized carbons (Fsp3) is 0.222. The Bertz CT molecular complexity index is 351. The first-order chi connectivity index (χ1) is 6.27. The number of benzene rings is 1. The molecule has 0 bridgehead atoms. The number of nitrogens with zero attached hydrogens (tertiary/aromatic N) is 1. The van der Waals surface area contributed by atoms with Gasteiger partial charge in [0.1, 0.15) is 10.4 Å². The fourth-order valence-electron chi connectivity index (χ4n) is 1.27. The molecule has 1 aromatic rings. The number of phenols is 1. The quantitative estimate of drug-likeness (QED) is 0.822. The van der Waals surface area contributed by atoms with Crippen molar-refractivity contribution in [1.82, 2.24) is 0 Å². The molecule has 1 atom stereocenters. The molecule has 0 radical (unpaired) electrons. The second-order valence-corrected chi connectivity index (χ2v) is 3.74. The number of para-hydroxylation sites is 1. The monoisotopic (exact) mass is 241 g/mol. The molecule has 0 amide bonds. The molecule has 0 fully saturated rings. The van der Waals surface area contributed by atoms with E-state index in [0.717, 1.165) is 10.2 Å². The second kappa shape index (κ2) is 3.38. The Balaban J connectivity index is 2.23. The molecule has 1 aliphatic heterocycles. The van der Waals surface area contributed by atoms with Crippen LogP contribution in [-0.2, 0) is 4.84 Å². The molecule has 0 aromatic heterocycles.